The van der Waals surface area contributed by atoms with Crippen LogP contribution >= 0.6 is 0 Å². The molecule has 0 saturated heterocycles. The number of aromatic nitrogens is 2. The minimum absolute atomic E-state index is 0.0987. The van der Waals surface area contributed by atoms with Gasteiger partial charge in [-0.3, -0.25) is 4.68 Å². The fourth-order valence-corrected chi connectivity index (χ4v) is 1.69. The van der Waals surface area contributed by atoms with Crippen LogP contribution in [0.15, 0.2) is 6.20 Å². The monoisotopic (exact) mass is 269 g/mol. The van der Waals surface area contributed by atoms with Crippen molar-refractivity contribution in [3.05, 3.63) is 17.5 Å². The molecule has 0 aliphatic heterocycles. The second-order valence-electron chi connectivity index (χ2n) is 5.54. The van der Waals surface area contributed by atoms with Gasteiger partial charge in [-0.1, -0.05) is 0 Å². The van der Waals surface area contributed by atoms with Gasteiger partial charge in [0.05, 0.1) is 18.8 Å². The van der Waals surface area contributed by atoms with Gasteiger partial charge in [-0.15, -0.1) is 0 Å². The Morgan fingerprint density at radius 3 is 2.58 bits per heavy atom. The van der Waals surface area contributed by atoms with E-state index >= 15 is 0 Å². The van der Waals surface area contributed by atoms with E-state index in [1.54, 1.807) is 4.68 Å². The molecule has 6 heteroatoms. The first kappa shape index (κ1) is 15.5. The summed E-state index contributed by atoms with van der Waals surface area (Å²) < 4.78 is 7.03. The minimum Gasteiger partial charge on any atom is -0.444 e. The van der Waals surface area contributed by atoms with Gasteiger partial charge in [-0.05, 0) is 27.7 Å². The normalized spacial score (nSPS) is 11.5. The second-order valence-corrected chi connectivity index (χ2v) is 5.54. The zero-order valence-electron chi connectivity index (χ0n) is 12.3. The maximum absolute atomic E-state index is 12.0. The van der Waals surface area contributed by atoms with Gasteiger partial charge in [0, 0.05) is 25.4 Å². The molecule has 1 heterocycles. The summed E-state index contributed by atoms with van der Waals surface area (Å²) >= 11 is 0. The van der Waals surface area contributed by atoms with E-state index in [2.05, 4.69) is 5.10 Å². The van der Waals surface area contributed by atoms with Crippen molar-refractivity contribution >= 4 is 6.09 Å². The van der Waals surface area contributed by atoms with Crippen LogP contribution in [0.5, 0.6) is 0 Å². The highest BCUT2D eigenvalue weighted by Crippen LogP contribution is 2.14. The van der Waals surface area contributed by atoms with E-state index in [0.717, 1.165) is 11.3 Å². The molecule has 6 nitrogen and oxygen atoms in total. The third-order valence-electron chi connectivity index (χ3n) is 2.50. The van der Waals surface area contributed by atoms with Crippen molar-refractivity contribution in [1.82, 2.24) is 14.7 Å². The molecule has 1 amide bonds. The van der Waals surface area contributed by atoms with Crippen LogP contribution < -0.4 is 0 Å². The van der Waals surface area contributed by atoms with Crippen LogP contribution in [-0.2, 0) is 18.3 Å². The Hall–Kier alpha value is -1.56. The topological polar surface area (TPSA) is 67.6 Å². The zero-order chi connectivity index (χ0) is 14.6. The van der Waals surface area contributed by atoms with E-state index < -0.39 is 11.7 Å². The van der Waals surface area contributed by atoms with Gasteiger partial charge in [0.25, 0.3) is 0 Å². The van der Waals surface area contributed by atoms with E-state index in [0.29, 0.717) is 6.54 Å². The Kier molecular flexibility index (Phi) is 4.94. The van der Waals surface area contributed by atoms with Crippen LogP contribution in [0.4, 0.5) is 4.79 Å². The lowest BCUT2D eigenvalue weighted by atomic mass is 10.2. The SMILES string of the molecule is Cc1nn(C)cc1CN(CCO)C(=O)OC(C)(C)C. The molecule has 0 saturated carbocycles. The van der Waals surface area contributed by atoms with Crippen molar-refractivity contribution in [3.8, 4) is 0 Å². The van der Waals surface area contributed by atoms with Crippen molar-refractivity contribution in [2.24, 2.45) is 7.05 Å². The van der Waals surface area contributed by atoms with Crippen molar-refractivity contribution in [3.63, 3.8) is 0 Å². The van der Waals surface area contributed by atoms with Gasteiger partial charge in [0.1, 0.15) is 5.60 Å². The van der Waals surface area contributed by atoms with Crippen molar-refractivity contribution in [1.29, 1.82) is 0 Å². The molecule has 108 valence electrons. The molecular weight excluding hydrogens is 246 g/mol. The van der Waals surface area contributed by atoms with Crippen LogP contribution in [-0.4, -0.2) is 44.6 Å². The molecule has 0 atom stereocenters. The highest BCUT2D eigenvalue weighted by atomic mass is 16.6. The highest BCUT2D eigenvalue weighted by molar-refractivity contribution is 5.68. The number of nitrogens with zero attached hydrogens (tertiary/aromatic N) is 3. The molecule has 0 fully saturated rings. The number of hydrogen-bond donors (Lipinski definition) is 1. The number of carbonyl (C=O) groups excluding carboxylic acids is 1. The smallest absolute Gasteiger partial charge is 0.410 e. The van der Waals surface area contributed by atoms with Crippen LogP contribution in [0.25, 0.3) is 0 Å². The van der Waals surface area contributed by atoms with Crippen LogP contribution in [0.3, 0.4) is 0 Å². The number of aliphatic hydroxyl groups is 1. The van der Waals surface area contributed by atoms with Crippen molar-refractivity contribution in [2.75, 3.05) is 13.2 Å². The summed E-state index contributed by atoms with van der Waals surface area (Å²) in [5, 5.41) is 13.3. The van der Waals surface area contributed by atoms with Gasteiger partial charge in [-0.2, -0.15) is 5.10 Å². The Bertz CT molecular complexity index is 435. The van der Waals surface area contributed by atoms with E-state index in [4.69, 9.17) is 9.84 Å². The van der Waals surface area contributed by atoms with Crippen molar-refractivity contribution in [2.45, 2.75) is 39.8 Å². The summed E-state index contributed by atoms with van der Waals surface area (Å²) in [5.41, 5.74) is 1.27. The molecule has 0 radical (unpaired) electrons. The lowest BCUT2D eigenvalue weighted by Crippen LogP contribution is -2.38. The highest BCUT2D eigenvalue weighted by Gasteiger charge is 2.22. The van der Waals surface area contributed by atoms with Crippen molar-refractivity contribution < 1.29 is 14.6 Å². The molecular formula is C13H23N3O3. The molecule has 0 aromatic carbocycles. The Labute approximate surface area is 114 Å². The number of amides is 1. The zero-order valence-corrected chi connectivity index (χ0v) is 12.3. The maximum Gasteiger partial charge on any atom is 0.410 e. The number of aliphatic hydroxyl groups excluding tert-OH is 1. The van der Waals surface area contributed by atoms with Crippen LogP contribution in [0.2, 0.25) is 0 Å². The fourth-order valence-electron chi connectivity index (χ4n) is 1.69. The van der Waals surface area contributed by atoms with Gasteiger partial charge in [0.15, 0.2) is 0 Å². The average molecular weight is 269 g/mol. The van der Waals surface area contributed by atoms with Crippen LogP contribution in [0.1, 0.15) is 32.0 Å². The average Bonchev–Trinajstić information content (AvgIpc) is 2.54. The molecule has 0 aliphatic carbocycles. The van der Waals surface area contributed by atoms with E-state index in [1.807, 2.05) is 40.9 Å². The Morgan fingerprint density at radius 2 is 2.16 bits per heavy atom. The Balaban J connectivity index is 2.78. The molecule has 19 heavy (non-hydrogen) atoms. The number of aryl methyl sites for hydroxylation is 2. The third-order valence-corrected chi connectivity index (χ3v) is 2.50. The van der Waals surface area contributed by atoms with Gasteiger partial charge in [0.2, 0.25) is 0 Å². The minimum atomic E-state index is -0.547. The van der Waals surface area contributed by atoms with Gasteiger partial charge >= 0.3 is 6.09 Å². The lowest BCUT2D eigenvalue weighted by molar-refractivity contribution is 0.0201. The van der Waals surface area contributed by atoms with Crippen LogP contribution in [0, 0.1) is 6.92 Å². The molecule has 1 N–H and O–H groups in total. The van der Waals surface area contributed by atoms with Gasteiger partial charge < -0.3 is 14.7 Å². The number of hydrogen-bond acceptors (Lipinski definition) is 4. The molecule has 0 aliphatic rings. The number of rotatable bonds is 4. The second kappa shape index (κ2) is 6.06. The number of carbonyl (C=O) groups is 1. The Morgan fingerprint density at radius 1 is 1.53 bits per heavy atom. The van der Waals surface area contributed by atoms with Gasteiger partial charge in [-0.25, -0.2) is 4.79 Å². The molecule has 1 aromatic rings. The maximum atomic E-state index is 12.0. The summed E-state index contributed by atoms with van der Waals surface area (Å²) in [5.74, 6) is 0. The predicted octanol–water partition coefficient (Wildman–Crippen LogP) is 1.46. The first-order valence-corrected chi connectivity index (χ1v) is 6.31. The predicted molar refractivity (Wildman–Crippen MR) is 71.7 cm³/mol. The lowest BCUT2D eigenvalue weighted by Gasteiger charge is -2.26. The summed E-state index contributed by atoms with van der Waals surface area (Å²) in [4.78, 5) is 13.5. The largest absolute Gasteiger partial charge is 0.444 e. The summed E-state index contributed by atoms with van der Waals surface area (Å²) in [6.45, 7) is 7.87. The molecule has 0 unspecified atom stereocenters. The fraction of sp³-hybridized carbons (Fsp3) is 0.692. The third kappa shape index (κ3) is 4.90. The summed E-state index contributed by atoms with van der Waals surface area (Å²) in [6, 6.07) is 0. The molecule has 0 bridgehead atoms. The standard InChI is InChI=1S/C13H23N3O3/c1-10-11(8-15(5)14-10)9-16(6-7-17)12(18)19-13(2,3)4/h8,17H,6-7,9H2,1-5H3. The molecule has 1 aromatic heterocycles. The quantitative estimate of drug-likeness (QED) is 0.898. The number of ether oxygens (including phenoxy) is 1. The first-order chi connectivity index (χ1) is 8.73. The molecule has 1 rings (SSSR count). The van der Waals surface area contributed by atoms with E-state index in [-0.39, 0.29) is 13.2 Å². The van der Waals surface area contributed by atoms with E-state index in [1.165, 1.54) is 4.90 Å². The summed E-state index contributed by atoms with van der Waals surface area (Å²) in [6.07, 6.45) is 1.44. The summed E-state index contributed by atoms with van der Waals surface area (Å²) in [7, 11) is 1.83. The van der Waals surface area contributed by atoms with E-state index in [9.17, 15) is 4.79 Å². The molecule has 0 spiro atoms. The first-order valence-electron chi connectivity index (χ1n) is 6.31.